The van der Waals surface area contributed by atoms with Gasteiger partial charge in [-0.1, -0.05) is 0 Å². The number of hydrogen-bond donors (Lipinski definition) is 2. The Labute approximate surface area is 91.8 Å². The smallest absolute Gasteiger partial charge is 0.141 e. The van der Waals surface area contributed by atoms with Crippen LogP contribution in [0.2, 0.25) is 0 Å². The van der Waals surface area contributed by atoms with Gasteiger partial charge in [-0.15, -0.1) is 11.3 Å². The van der Waals surface area contributed by atoms with Crippen molar-refractivity contribution >= 4 is 11.3 Å². The molecule has 2 rings (SSSR count). The second-order valence-electron chi connectivity index (χ2n) is 3.43. The van der Waals surface area contributed by atoms with E-state index in [1.54, 1.807) is 11.3 Å². The first-order valence-electron chi connectivity index (χ1n) is 4.70. The molecule has 1 unspecified atom stereocenters. The predicted octanol–water partition coefficient (Wildman–Crippen LogP) is 1.12. The maximum absolute atomic E-state index is 5.96. The quantitative estimate of drug-likeness (QED) is 0.817. The number of nitrogens with zero attached hydrogens (tertiary/aromatic N) is 3. The van der Waals surface area contributed by atoms with Crippen molar-refractivity contribution in [3.63, 3.8) is 0 Å². The average Bonchev–Trinajstić information content (AvgIpc) is 2.77. The monoisotopic (exact) mass is 223 g/mol. The Kier molecular flexibility index (Phi) is 2.79. The molecule has 0 fully saturated rings. The molecule has 0 radical (unpaired) electrons. The molecule has 0 bridgehead atoms. The van der Waals surface area contributed by atoms with Crippen LogP contribution in [-0.4, -0.2) is 20.2 Å². The standard InChI is InChI=1S/C9H13N5S/c1-5-6(2)15-8(13-5)3-7(10)9-11-4-12-14-9/h4,7H,3,10H2,1-2H3,(H,11,12,14). The summed E-state index contributed by atoms with van der Waals surface area (Å²) in [5, 5.41) is 7.59. The largest absolute Gasteiger partial charge is 0.321 e. The molecule has 3 N–H and O–H groups in total. The molecule has 0 spiro atoms. The highest BCUT2D eigenvalue weighted by Crippen LogP contribution is 2.20. The molecule has 2 heterocycles. The van der Waals surface area contributed by atoms with E-state index < -0.39 is 0 Å². The molecule has 0 aromatic carbocycles. The minimum absolute atomic E-state index is 0.155. The lowest BCUT2D eigenvalue weighted by Gasteiger charge is -2.04. The summed E-state index contributed by atoms with van der Waals surface area (Å²) in [5.74, 6) is 0.709. The Morgan fingerprint density at radius 3 is 2.87 bits per heavy atom. The van der Waals surface area contributed by atoms with Crippen molar-refractivity contribution in [2.24, 2.45) is 5.73 Å². The lowest BCUT2D eigenvalue weighted by molar-refractivity contribution is 0.667. The van der Waals surface area contributed by atoms with Gasteiger partial charge in [0.15, 0.2) is 0 Å². The van der Waals surface area contributed by atoms with Gasteiger partial charge in [-0.05, 0) is 13.8 Å². The van der Waals surface area contributed by atoms with Crippen molar-refractivity contribution in [2.45, 2.75) is 26.3 Å². The van der Waals surface area contributed by atoms with E-state index >= 15 is 0 Å². The van der Waals surface area contributed by atoms with E-state index in [1.165, 1.54) is 11.2 Å². The van der Waals surface area contributed by atoms with Gasteiger partial charge in [-0.3, -0.25) is 5.10 Å². The fourth-order valence-corrected chi connectivity index (χ4v) is 2.30. The van der Waals surface area contributed by atoms with Crippen LogP contribution < -0.4 is 5.73 Å². The fourth-order valence-electron chi connectivity index (χ4n) is 1.30. The second kappa shape index (κ2) is 4.08. The van der Waals surface area contributed by atoms with Gasteiger partial charge >= 0.3 is 0 Å². The molecule has 0 aliphatic carbocycles. The Morgan fingerprint density at radius 2 is 2.33 bits per heavy atom. The van der Waals surface area contributed by atoms with Crippen LogP contribution in [0.4, 0.5) is 0 Å². The highest BCUT2D eigenvalue weighted by atomic mass is 32.1. The van der Waals surface area contributed by atoms with Gasteiger partial charge in [-0.25, -0.2) is 9.97 Å². The van der Waals surface area contributed by atoms with Crippen molar-refractivity contribution < 1.29 is 0 Å². The lowest BCUT2D eigenvalue weighted by Crippen LogP contribution is -2.14. The van der Waals surface area contributed by atoms with Crippen LogP contribution in [0.15, 0.2) is 6.33 Å². The van der Waals surface area contributed by atoms with Crippen molar-refractivity contribution in [1.29, 1.82) is 0 Å². The molecule has 15 heavy (non-hydrogen) atoms. The number of aromatic amines is 1. The first-order chi connectivity index (χ1) is 7.16. The maximum Gasteiger partial charge on any atom is 0.141 e. The number of aromatic nitrogens is 4. The Morgan fingerprint density at radius 1 is 1.53 bits per heavy atom. The predicted molar refractivity (Wildman–Crippen MR) is 58.6 cm³/mol. The normalized spacial score (nSPS) is 13.0. The fraction of sp³-hybridized carbons (Fsp3) is 0.444. The number of H-pyrrole nitrogens is 1. The number of thiazole rings is 1. The summed E-state index contributed by atoms with van der Waals surface area (Å²) in [5.41, 5.74) is 7.05. The summed E-state index contributed by atoms with van der Waals surface area (Å²) >= 11 is 1.69. The number of aryl methyl sites for hydroxylation is 2. The minimum Gasteiger partial charge on any atom is -0.321 e. The van der Waals surface area contributed by atoms with E-state index in [-0.39, 0.29) is 6.04 Å². The SMILES string of the molecule is Cc1nc(CC(N)c2ncn[nH]2)sc1C. The third-order valence-electron chi connectivity index (χ3n) is 2.25. The van der Waals surface area contributed by atoms with E-state index in [0.717, 1.165) is 10.7 Å². The van der Waals surface area contributed by atoms with Gasteiger partial charge in [0.1, 0.15) is 12.2 Å². The molecular formula is C9H13N5S. The molecule has 1 atom stereocenters. The molecule has 6 heteroatoms. The van der Waals surface area contributed by atoms with Gasteiger partial charge < -0.3 is 5.73 Å². The van der Waals surface area contributed by atoms with Crippen LogP contribution in [0.5, 0.6) is 0 Å². The number of hydrogen-bond acceptors (Lipinski definition) is 5. The molecule has 0 aliphatic rings. The minimum atomic E-state index is -0.155. The highest BCUT2D eigenvalue weighted by molar-refractivity contribution is 7.11. The molecule has 2 aromatic heterocycles. The Bertz CT molecular complexity index is 414. The average molecular weight is 223 g/mol. The van der Waals surface area contributed by atoms with Crippen LogP contribution in [0.3, 0.4) is 0 Å². The zero-order chi connectivity index (χ0) is 10.8. The van der Waals surface area contributed by atoms with Crippen molar-refractivity contribution in [2.75, 3.05) is 0 Å². The third kappa shape index (κ3) is 2.21. The molecule has 5 nitrogen and oxygen atoms in total. The maximum atomic E-state index is 5.96. The number of nitrogens with one attached hydrogen (secondary N) is 1. The first-order valence-corrected chi connectivity index (χ1v) is 5.52. The molecule has 2 aromatic rings. The second-order valence-corrected chi connectivity index (χ2v) is 4.72. The van der Waals surface area contributed by atoms with E-state index in [9.17, 15) is 0 Å². The van der Waals surface area contributed by atoms with Gasteiger partial charge in [0.2, 0.25) is 0 Å². The zero-order valence-electron chi connectivity index (χ0n) is 8.69. The summed E-state index contributed by atoms with van der Waals surface area (Å²) in [6, 6.07) is -0.155. The molecular weight excluding hydrogens is 210 g/mol. The van der Waals surface area contributed by atoms with E-state index in [4.69, 9.17) is 5.73 Å². The van der Waals surface area contributed by atoms with E-state index in [0.29, 0.717) is 12.2 Å². The van der Waals surface area contributed by atoms with Crippen LogP contribution in [0.1, 0.15) is 27.4 Å². The molecule has 0 aliphatic heterocycles. The summed E-state index contributed by atoms with van der Waals surface area (Å²) in [6.45, 7) is 4.08. The summed E-state index contributed by atoms with van der Waals surface area (Å²) < 4.78 is 0. The number of rotatable bonds is 3. The molecule has 0 amide bonds. The van der Waals surface area contributed by atoms with Gasteiger partial charge in [0.25, 0.3) is 0 Å². The molecule has 0 saturated carbocycles. The summed E-state index contributed by atoms with van der Waals surface area (Å²) in [6.07, 6.45) is 2.17. The van der Waals surface area contributed by atoms with E-state index in [1.807, 2.05) is 6.92 Å². The van der Waals surface area contributed by atoms with Crippen LogP contribution in [0, 0.1) is 13.8 Å². The lowest BCUT2D eigenvalue weighted by atomic mass is 10.2. The van der Waals surface area contributed by atoms with Crippen LogP contribution in [-0.2, 0) is 6.42 Å². The van der Waals surface area contributed by atoms with Crippen molar-refractivity contribution in [1.82, 2.24) is 20.2 Å². The summed E-state index contributed by atoms with van der Waals surface area (Å²) in [4.78, 5) is 9.71. The third-order valence-corrected chi connectivity index (χ3v) is 3.35. The summed E-state index contributed by atoms with van der Waals surface area (Å²) in [7, 11) is 0. The molecule has 80 valence electrons. The Hall–Kier alpha value is -1.27. The van der Waals surface area contributed by atoms with E-state index in [2.05, 4.69) is 27.1 Å². The highest BCUT2D eigenvalue weighted by Gasteiger charge is 2.13. The van der Waals surface area contributed by atoms with Gasteiger partial charge in [-0.2, -0.15) is 5.10 Å². The van der Waals surface area contributed by atoms with Crippen LogP contribution in [0.25, 0.3) is 0 Å². The van der Waals surface area contributed by atoms with Crippen molar-refractivity contribution in [3.05, 3.63) is 27.7 Å². The topological polar surface area (TPSA) is 80.5 Å². The zero-order valence-corrected chi connectivity index (χ0v) is 9.51. The molecule has 0 saturated heterocycles. The first kappa shape index (κ1) is 10.3. The van der Waals surface area contributed by atoms with Gasteiger partial charge in [0.05, 0.1) is 16.7 Å². The van der Waals surface area contributed by atoms with Crippen molar-refractivity contribution in [3.8, 4) is 0 Å². The van der Waals surface area contributed by atoms with Crippen LogP contribution >= 0.6 is 11.3 Å². The Balaban J connectivity index is 2.09. The van der Waals surface area contributed by atoms with Gasteiger partial charge in [0, 0.05) is 11.3 Å². The number of nitrogens with two attached hydrogens (primary N) is 1.